The van der Waals surface area contributed by atoms with E-state index in [1.165, 1.54) is 57.8 Å². The van der Waals surface area contributed by atoms with Gasteiger partial charge in [-0.15, -0.1) is 0 Å². The Labute approximate surface area is 120 Å². The summed E-state index contributed by atoms with van der Waals surface area (Å²) in [4.78, 5) is 10.7. The SMILES string of the molecule is CCCCCCC(C)CCCCCCC(C)C(=O)O. The molecule has 0 rings (SSSR count). The van der Waals surface area contributed by atoms with Crippen molar-refractivity contribution in [3.63, 3.8) is 0 Å². The zero-order valence-electron chi connectivity index (χ0n) is 13.3. The summed E-state index contributed by atoms with van der Waals surface area (Å²) in [5, 5.41) is 8.78. The minimum atomic E-state index is -0.652. The fraction of sp³-hybridized carbons (Fsp3) is 0.941. The van der Waals surface area contributed by atoms with Crippen LogP contribution in [0.15, 0.2) is 0 Å². The Balaban J connectivity index is 3.27. The van der Waals surface area contributed by atoms with Crippen molar-refractivity contribution in [2.24, 2.45) is 11.8 Å². The highest BCUT2D eigenvalue weighted by Crippen LogP contribution is 2.18. The van der Waals surface area contributed by atoms with E-state index in [2.05, 4.69) is 13.8 Å². The highest BCUT2D eigenvalue weighted by Gasteiger charge is 2.09. The Morgan fingerprint density at radius 1 is 0.842 bits per heavy atom. The van der Waals surface area contributed by atoms with Crippen LogP contribution in [0.1, 0.15) is 91.4 Å². The number of unbranched alkanes of at least 4 members (excludes halogenated alkanes) is 6. The van der Waals surface area contributed by atoms with Gasteiger partial charge in [0.1, 0.15) is 0 Å². The number of hydrogen-bond donors (Lipinski definition) is 1. The van der Waals surface area contributed by atoms with E-state index >= 15 is 0 Å². The second kappa shape index (κ2) is 12.5. The normalized spacial score (nSPS) is 14.3. The second-order valence-electron chi connectivity index (χ2n) is 6.19. The van der Waals surface area contributed by atoms with Gasteiger partial charge >= 0.3 is 5.97 Å². The molecule has 0 bridgehead atoms. The molecule has 19 heavy (non-hydrogen) atoms. The van der Waals surface area contributed by atoms with Crippen LogP contribution in [0.25, 0.3) is 0 Å². The molecule has 0 saturated carbocycles. The van der Waals surface area contributed by atoms with Crippen molar-refractivity contribution in [3.05, 3.63) is 0 Å². The maximum atomic E-state index is 10.7. The molecule has 0 saturated heterocycles. The van der Waals surface area contributed by atoms with E-state index in [1.54, 1.807) is 6.92 Å². The lowest BCUT2D eigenvalue weighted by molar-refractivity contribution is -0.141. The zero-order valence-corrected chi connectivity index (χ0v) is 13.3. The molecule has 1 N–H and O–H groups in total. The Morgan fingerprint density at radius 3 is 1.79 bits per heavy atom. The Morgan fingerprint density at radius 2 is 1.32 bits per heavy atom. The van der Waals surface area contributed by atoms with Crippen molar-refractivity contribution in [1.29, 1.82) is 0 Å². The summed E-state index contributed by atoms with van der Waals surface area (Å²) >= 11 is 0. The van der Waals surface area contributed by atoms with Gasteiger partial charge in [0.25, 0.3) is 0 Å². The van der Waals surface area contributed by atoms with Crippen LogP contribution in [0.2, 0.25) is 0 Å². The van der Waals surface area contributed by atoms with E-state index in [-0.39, 0.29) is 5.92 Å². The van der Waals surface area contributed by atoms with Gasteiger partial charge in [0.2, 0.25) is 0 Å². The lowest BCUT2D eigenvalue weighted by atomic mass is 9.95. The first-order chi connectivity index (χ1) is 9.07. The zero-order chi connectivity index (χ0) is 14.5. The van der Waals surface area contributed by atoms with Crippen LogP contribution < -0.4 is 0 Å². The van der Waals surface area contributed by atoms with E-state index in [0.29, 0.717) is 0 Å². The van der Waals surface area contributed by atoms with Gasteiger partial charge in [0, 0.05) is 0 Å². The van der Waals surface area contributed by atoms with Crippen LogP contribution in [0, 0.1) is 11.8 Å². The molecule has 0 aliphatic carbocycles. The van der Waals surface area contributed by atoms with Gasteiger partial charge in [0.05, 0.1) is 5.92 Å². The fourth-order valence-corrected chi connectivity index (χ4v) is 2.48. The van der Waals surface area contributed by atoms with Gasteiger partial charge in [0.15, 0.2) is 0 Å². The topological polar surface area (TPSA) is 37.3 Å². The average Bonchev–Trinajstić information content (AvgIpc) is 2.38. The molecule has 0 aliphatic rings. The molecule has 0 spiro atoms. The van der Waals surface area contributed by atoms with Gasteiger partial charge in [-0.2, -0.15) is 0 Å². The minimum absolute atomic E-state index is 0.169. The molecule has 0 aromatic heterocycles. The van der Waals surface area contributed by atoms with Gasteiger partial charge < -0.3 is 5.11 Å². The van der Waals surface area contributed by atoms with Crippen molar-refractivity contribution in [2.75, 3.05) is 0 Å². The number of rotatable bonds is 13. The third kappa shape index (κ3) is 12.3. The number of carboxylic acids is 1. The first-order valence-electron chi connectivity index (χ1n) is 8.30. The predicted octanol–water partition coefficient (Wildman–Crippen LogP) is 5.65. The summed E-state index contributed by atoms with van der Waals surface area (Å²) in [6, 6.07) is 0. The molecule has 0 aliphatic heterocycles. The molecule has 0 aromatic rings. The van der Waals surface area contributed by atoms with E-state index in [4.69, 9.17) is 5.11 Å². The Bertz CT molecular complexity index is 213. The molecular weight excluding hydrogens is 236 g/mol. The Kier molecular flexibility index (Phi) is 12.2. The molecule has 0 aromatic carbocycles. The van der Waals surface area contributed by atoms with Crippen LogP contribution >= 0.6 is 0 Å². The maximum absolute atomic E-state index is 10.7. The number of carboxylic acid groups (broad SMARTS) is 1. The van der Waals surface area contributed by atoms with Crippen molar-refractivity contribution in [1.82, 2.24) is 0 Å². The van der Waals surface area contributed by atoms with Gasteiger partial charge in [-0.1, -0.05) is 85.0 Å². The maximum Gasteiger partial charge on any atom is 0.306 e. The van der Waals surface area contributed by atoms with E-state index in [1.807, 2.05) is 0 Å². The molecule has 0 amide bonds. The van der Waals surface area contributed by atoms with Crippen LogP contribution in [-0.2, 0) is 4.79 Å². The fourth-order valence-electron chi connectivity index (χ4n) is 2.48. The standard InChI is InChI=1S/C17H34O2/c1-4-5-6-9-12-15(2)13-10-7-8-11-14-16(3)17(18)19/h15-16H,4-14H2,1-3H3,(H,18,19). The summed E-state index contributed by atoms with van der Waals surface area (Å²) in [6.45, 7) is 6.44. The molecular formula is C17H34O2. The largest absolute Gasteiger partial charge is 0.481 e. The highest BCUT2D eigenvalue weighted by molar-refractivity contribution is 5.69. The third-order valence-electron chi connectivity index (χ3n) is 4.06. The van der Waals surface area contributed by atoms with Crippen molar-refractivity contribution in [2.45, 2.75) is 91.4 Å². The molecule has 2 nitrogen and oxygen atoms in total. The molecule has 114 valence electrons. The van der Waals surface area contributed by atoms with Gasteiger partial charge in [-0.05, 0) is 12.3 Å². The quantitative estimate of drug-likeness (QED) is 0.439. The summed E-state index contributed by atoms with van der Waals surface area (Å²) in [7, 11) is 0. The van der Waals surface area contributed by atoms with Crippen molar-refractivity contribution < 1.29 is 9.90 Å². The number of carbonyl (C=O) groups is 1. The second-order valence-corrected chi connectivity index (χ2v) is 6.19. The lowest BCUT2D eigenvalue weighted by Crippen LogP contribution is -2.08. The third-order valence-corrected chi connectivity index (χ3v) is 4.06. The molecule has 2 atom stereocenters. The van der Waals surface area contributed by atoms with Gasteiger partial charge in [-0.25, -0.2) is 0 Å². The molecule has 0 radical (unpaired) electrons. The average molecular weight is 270 g/mol. The molecule has 2 unspecified atom stereocenters. The van der Waals surface area contributed by atoms with Crippen LogP contribution in [0.4, 0.5) is 0 Å². The van der Waals surface area contributed by atoms with Crippen LogP contribution in [0.3, 0.4) is 0 Å². The summed E-state index contributed by atoms with van der Waals surface area (Å²) in [5.74, 6) is 0.0491. The van der Waals surface area contributed by atoms with E-state index < -0.39 is 5.97 Å². The number of hydrogen-bond acceptors (Lipinski definition) is 1. The summed E-state index contributed by atoms with van der Waals surface area (Å²) in [5.41, 5.74) is 0. The van der Waals surface area contributed by atoms with Crippen LogP contribution in [0.5, 0.6) is 0 Å². The minimum Gasteiger partial charge on any atom is -0.481 e. The molecule has 0 fully saturated rings. The smallest absolute Gasteiger partial charge is 0.306 e. The van der Waals surface area contributed by atoms with E-state index in [0.717, 1.165) is 18.8 Å². The van der Waals surface area contributed by atoms with E-state index in [9.17, 15) is 4.79 Å². The van der Waals surface area contributed by atoms with Crippen molar-refractivity contribution in [3.8, 4) is 0 Å². The monoisotopic (exact) mass is 270 g/mol. The highest BCUT2D eigenvalue weighted by atomic mass is 16.4. The van der Waals surface area contributed by atoms with Crippen LogP contribution in [-0.4, -0.2) is 11.1 Å². The molecule has 0 heterocycles. The first-order valence-corrected chi connectivity index (χ1v) is 8.30. The summed E-state index contributed by atoms with van der Waals surface area (Å²) < 4.78 is 0. The summed E-state index contributed by atoms with van der Waals surface area (Å²) in [6.07, 6.45) is 13.9. The van der Waals surface area contributed by atoms with Gasteiger partial charge in [-0.3, -0.25) is 4.79 Å². The lowest BCUT2D eigenvalue weighted by Gasteiger charge is -2.11. The molecule has 2 heteroatoms. The first kappa shape index (κ1) is 18.5. The Hall–Kier alpha value is -0.530. The number of aliphatic carboxylic acids is 1. The predicted molar refractivity (Wildman–Crippen MR) is 82.4 cm³/mol. The van der Waals surface area contributed by atoms with Crippen molar-refractivity contribution >= 4 is 5.97 Å².